The fourth-order valence-electron chi connectivity index (χ4n) is 3.71. The number of ether oxygens (including phenoxy) is 2. The van der Waals surface area contributed by atoms with E-state index >= 15 is 0 Å². The summed E-state index contributed by atoms with van der Waals surface area (Å²) >= 11 is 0. The fourth-order valence-corrected chi connectivity index (χ4v) is 3.71. The largest absolute Gasteiger partial charge is 0.497 e. The quantitative estimate of drug-likeness (QED) is 0.581. The van der Waals surface area contributed by atoms with Crippen molar-refractivity contribution in [3.63, 3.8) is 0 Å². The maximum Gasteiger partial charge on any atom is 0.312 e. The molecule has 1 aliphatic rings. The molecule has 3 rings (SSSR count). The van der Waals surface area contributed by atoms with Gasteiger partial charge < -0.3 is 9.47 Å². The van der Waals surface area contributed by atoms with Gasteiger partial charge in [-0.2, -0.15) is 5.10 Å². The summed E-state index contributed by atoms with van der Waals surface area (Å²) in [4.78, 5) is 13.2. The van der Waals surface area contributed by atoms with Crippen molar-refractivity contribution >= 4 is 5.69 Å². The molecule has 0 unspecified atom stereocenters. The molecule has 0 radical (unpaired) electrons. The van der Waals surface area contributed by atoms with Crippen LogP contribution in [0, 0.1) is 24.0 Å². The van der Waals surface area contributed by atoms with Gasteiger partial charge in [0.1, 0.15) is 22.9 Å². The van der Waals surface area contributed by atoms with E-state index in [0.717, 1.165) is 36.4 Å². The van der Waals surface area contributed by atoms with Crippen molar-refractivity contribution in [2.75, 3.05) is 20.8 Å². The Morgan fingerprint density at radius 3 is 2.69 bits per heavy atom. The molecule has 1 saturated heterocycles. The smallest absolute Gasteiger partial charge is 0.312 e. The molecular formula is C18H24N4O4. The Morgan fingerprint density at radius 1 is 1.31 bits per heavy atom. The van der Waals surface area contributed by atoms with Gasteiger partial charge in [-0.05, 0) is 44.9 Å². The van der Waals surface area contributed by atoms with Crippen LogP contribution in [-0.4, -0.2) is 40.4 Å². The molecule has 8 nitrogen and oxygen atoms in total. The number of likely N-dealkylation sites (tertiary alicyclic amines) is 1. The highest BCUT2D eigenvalue weighted by Gasteiger charge is 2.31. The number of hydrogen-bond donors (Lipinski definition) is 0. The van der Waals surface area contributed by atoms with Gasteiger partial charge in [0.25, 0.3) is 0 Å². The molecule has 0 amide bonds. The van der Waals surface area contributed by atoms with Crippen LogP contribution in [0.4, 0.5) is 5.69 Å². The van der Waals surface area contributed by atoms with Gasteiger partial charge in [0, 0.05) is 18.2 Å². The van der Waals surface area contributed by atoms with E-state index in [-0.39, 0.29) is 16.7 Å². The number of aromatic nitrogens is 2. The molecule has 0 saturated carbocycles. The van der Waals surface area contributed by atoms with Crippen molar-refractivity contribution in [1.29, 1.82) is 0 Å². The molecule has 0 aliphatic carbocycles. The summed E-state index contributed by atoms with van der Waals surface area (Å²) in [6.07, 6.45) is 2.04. The molecule has 0 bridgehead atoms. The zero-order valence-electron chi connectivity index (χ0n) is 15.6. The number of benzene rings is 1. The number of rotatable bonds is 6. The van der Waals surface area contributed by atoms with E-state index in [2.05, 4.69) is 10.00 Å². The molecular weight excluding hydrogens is 336 g/mol. The third-order valence-electron chi connectivity index (χ3n) is 5.00. The topological polar surface area (TPSA) is 82.7 Å². The summed E-state index contributed by atoms with van der Waals surface area (Å²) in [5, 5.41) is 15.6. The van der Waals surface area contributed by atoms with Gasteiger partial charge in [0.2, 0.25) is 0 Å². The highest BCUT2D eigenvalue weighted by Crippen LogP contribution is 2.39. The minimum atomic E-state index is -0.360. The van der Waals surface area contributed by atoms with Gasteiger partial charge in [-0.25, -0.2) is 4.68 Å². The second kappa shape index (κ2) is 7.33. The molecule has 1 aromatic carbocycles. The predicted molar refractivity (Wildman–Crippen MR) is 96.6 cm³/mol. The van der Waals surface area contributed by atoms with E-state index in [9.17, 15) is 10.1 Å². The van der Waals surface area contributed by atoms with Gasteiger partial charge in [-0.1, -0.05) is 0 Å². The van der Waals surface area contributed by atoms with Crippen LogP contribution in [0.3, 0.4) is 0 Å². The van der Waals surface area contributed by atoms with Crippen LogP contribution in [-0.2, 0) is 6.67 Å². The lowest BCUT2D eigenvalue weighted by Gasteiger charge is -2.26. The van der Waals surface area contributed by atoms with E-state index in [4.69, 9.17) is 9.47 Å². The summed E-state index contributed by atoms with van der Waals surface area (Å²) in [6.45, 7) is 4.83. The van der Waals surface area contributed by atoms with E-state index in [1.54, 1.807) is 32.7 Å². The van der Waals surface area contributed by atoms with Crippen molar-refractivity contribution in [3.8, 4) is 11.5 Å². The minimum Gasteiger partial charge on any atom is -0.497 e. The van der Waals surface area contributed by atoms with Crippen LogP contribution in [0.25, 0.3) is 0 Å². The van der Waals surface area contributed by atoms with Gasteiger partial charge >= 0.3 is 5.69 Å². The minimum absolute atomic E-state index is 0.0970. The average molecular weight is 360 g/mol. The Balaban J connectivity index is 1.90. The third kappa shape index (κ3) is 3.24. The first kappa shape index (κ1) is 18.2. The van der Waals surface area contributed by atoms with E-state index < -0.39 is 0 Å². The summed E-state index contributed by atoms with van der Waals surface area (Å²) < 4.78 is 12.6. The zero-order valence-corrected chi connectivity index (χ0v) is 15.6. The number of nitrogens with zero attached hydrogens (tertiary/aromatic N) is 4. The van der Waals surface area contributed by atoms with Crippen molar-refractivity contribution in [2.45, 2.75) is 39.4 Å². The molecule has 1 aromatic heterocycles. The first-order valence-corrected chi connectivity index (χ1v) is 8.60. The Morgan fingerprint density at radius 2 is 2.08 bits per heavy atom. The Labute approximate surface area is 152 Å². The van der Waals surface area contributed by atoms with Gasteiger partial charge in [-0.15, -0.1) is 0 Å². The maximum absolute atomic E-state index is 11.2. The lowest BCUT2D eigenvalue weighted by molar-refractivity contribution is -0.386. The second-order valence-electron chi connectivity index (χ2n) is 6.50. The summed E-state index contributed by atoms with van der Waals surface area (Å²) in [5.41, 5.74) is 2.19. The monoisotopic (exact) mass is 360 g/mol. The molecule has 8 heteroatoms. The molecule has 2 aromatic rings. The molecule has 26 heavy (non-hydrogen) atoms. The van der Waals surface area contributed by atoms with Crippen LogP contribution >= 0.6 is 0 Å². The van der Waals surface area contributed by atoms with Crippen LogP contribution in [0.5, 0.6) is 11.5 Å². The van der Waals surface area contributed by atoms with Crippen LogP contribution in [0.1, 0.15) is 35.8 Å². The zero-order chi connectivity index (χ0) is 18.8. The number of aryl methyl sites for hydroxylation is 1. The first-order chi connectivity index (χ1) is 12.5. The normalized spacial score (nSPS) is 17.5. The summed E-state index contributed by atoms with van der Waals surface area (Å²) in [7, 11) is 3.31. The lowest BCUT2D eigenvalue weighted by atomic mass is 10.0. The van der Waals surface area contributed by atoms with Crippen LogP contribution in [0.2, 0.25) is 0 Å². The van der Waals surface area contributed by atoms with E-state index in [1.807, 2.05) is 18.2 Å². The highest BCUT2D eigenvalue weighted by atomic mass is 16.6. The standard InChI is InChI=1S/C18H24N4O4/c1-12-18(22(23)24)13(2)21(19-12)11-20-9-5-6-16(20)15-10-14(25-3)7-8-17(15)26-4/h7-8,10,16H,5-6,9,11H2,1-4H3/t16-/m0/s1. The molecule has 140 valence electrons. The molecule has 0 spiro atoms. The van der Waals surface area contributed by atoms with E-state index in [1.165, 1.54) is 0 Å². The Bertz CT molecular complexity index is 818. The molecule has 1 fully saturated rings. The summed E-state index contributed by atoms with van der Waals surface area (Å²) in [5.74, 6) is 1.61. The average Bonchev–Trinajstić information content (AvgIpc) is 3.18. The van der Waals surface area contributed by atoms with Gasteiger partial charge in [-0.3, -0.25) is 15.0 Å². The number of nitro groups is 1. The predicted octanol–water partition coefficient (Wildman–Crippen LogP) is 3.22. The van der Waals surface area contributed by atoms with Gasteiger partial charge in [0.15, 0.2) is 0 Å². The van der Waals surface area contributed by atoms with Crippen LogP contribution in [0.15, 0.2) is 18.2 Å². The number of methoxy groups -OCH3 is 2. The summed E-state index contributed by atoms with van der Waals surface area (Å²) in [6, 6.07) is 5.96. The molecule has 1 aliphatic heterocycles. The van der Waals surface area contributed by atoms with Crippen molar-refractivity contribution in [1.82, 2.24) is 14.7 Å². The van der Waals surface area contributed by atoms with Crippen molar-refractivity contribution in [2.24, 2.45) is 0 Å². The second-order valence-corrected chi connectivity index (χ2v) is 6.50. The Hall–Kier alpha value is -2.61. The third-order valence-corrected chi connectivity index (χ3v) is 5.00. The maximum atomic E-state index is 11.2. The highest BCUT2D eigenvalue weighted by molar-refractivity contribution is 5.43. The van der Waals surface area contributed by atoms with Crippen molar-refractivity contribution in [3.05, 3.63) is 45.3 Å². The molecule has 2 heterocycles. The molecule has 0 N–H and O–H groups in total. The van der Waals surface area contributed by atoms with Crippen molar-refractivity contribution < 1.29 is 14.4 Å². The first-order valence-electron chi connectivity index (χ1n) is 8.60. The Kier molecular flexibility index (Phi) is 5.13. The van der Waals surface area contributed by atoms with Gasteiger partial charge in [0.05, 0.1) is 25.8 Å². The number of hydrogen-bond acceptors (Lipinski definition) is 6. The fraction of sp³-hybridized carbons (Fsp3) is 0.500. The SMILES string of the molecule is COc1ccc(OC)c([C@@H]2CCCN2Cn2nc(C)c([N+](=O)[O-])c2C)c1. The van der Waals surface area contributed by atoms with E-state index in [0.29, 0.717) is 18.1 Å². The lowest BCUT2D eigenvalue weighted by Crippen LogP contribution is -2.27. The van der Waals surface area contributed by atoms with Crippen LogP contribution < -0.4 is 9.47 Å². The molecule has 1 atom stereocenters.